The number of alkyl halides is 4. The monoisotopic (exact) mass is 187 g/mol. The minimum Gasteiger partial charge on any atom is -0.434 e. The maximum Gasteiger partial charge on any atom is 0.490 e. The molecule has 1 aliphatic carbocycles. The van der Waals surface area contributed by atoms with Gasteiger partial charge < -0.3 is 4.74 Å². The highest BCUT2D eigenvalue weighted by atomic mass is 19.4. The zero-order valence-electron chi connectivity index (χ0n) is 5.69. The standard InChI is InChI=1S/C5H5F4NO2/c6-2-1-4(2,10)12-3(11)5(7,8)9/h2H,1,10H2. The van der Waals surface area contributed by atoms with Crippen molar-refractivity contribution in [3.63, 3.8) is 0 Å². The van der Waals surface area contributed by atoms with E-state index in [-0.39, 0.29) is 6.42 Å². The van der Waals surface area contributed by atoms with Gasteiger partial charge in [-0.15, -0.1) is 0 Å². The Morgan fingerprint density at radius 2 is 2.00 bits per heavy atom. The van der Waals surface area contributed by atoms with Crippen LogP contribution in [0.3, 0.4) is 0 Å². The van der Waals surface area contributed by atoms with Gasteiger partial charge in [0, 0.05) is 6.42 Å². The van der Waals surface area contributed by atoms with Crippen LogP contribution in [-0.2, 0) is 9.53 Å². The number of hydrogen-bond donors (Lipinski definition) is 1. The van der Waals surface area contributed by atoms with Gasteiger partial charge in [-0.3, -0.25) is 5.73 Å². The largest absolute Gasteiger partial charge is 0.490 e. The predicted molar refractivity (Wildman–Crippen MR) is 28.6 cm³/mol. The molecule has 7 heteroatoms. The Balaban J connectivity index is 2.49. The van der Waals surface area contributed by atoms with E-state index in [0.717, 1.165) is 0 Å². The Morgan fingerprint density at radius 1 is 1.58 bits per heavy atom. The van der Waals surface area contributed by atoms with Gasteiger partial charge in [0.2, 0.25) is 0 Å². The number of hydrogen-bond acceptors (Lipinski definition) is 3. The van der Waals surface area contributed by atoms with Crippen molar-refractivity contribution in [2.45, 2.75) is 24.5 Å². The minimum atomic E-state index is -5.12. The molecule has 0 aromatic heterocycles. The molecule has 2 N–H and O–H groups in total. The van der Waals surface area contributed by atoms with Gasteiger partial charge in [-0.25, -0.2) is 9.18 Å². The van der Waals surface area contributed by atoms with Crippen molar-refractivity contribution in [3.05, 3.63) is 0 Å². The zero-order valence-corrected chi connectivity index (χ0v) is 5.69. The first-order chi connectivity index (χ1) is 5.26. The Labute approximate surface area is 64.5 Å². The zero-order chi connectivity index (χ0) is 9.57. The predicted octanol–water partition coefficient (Wildman–Crippen LogP) is 0.489. The van der Waals surface area contributed by atoms with Crippen molar-refractivity contribution in [1.82, 2.24) is 0 Å². The summed E-state index contributed by atoms with van der Waals surface area (Å²) >= 11 is 0. The molecule has 1 aliphatic rings. The summed E-state index contributed by atoms with van der Waals surface area (Å²) in [7, 11) is 0. The van der Waals surface area contributed by atoms with Crippen LogP contribution in [-0.4, -0.2) is 24.0 Å². The average molecular weight is 187 g/mol. The fraction of sp³-hybridized carbons (Fsp3) is 0.800. The fourth-order valence-electron chi connectivity index (χ4n) is 0.557. The van der Waals surface area contributed by atoms with E-state index in [1.54, 1.807) is 0 Å². The number of rotatable bonds is 1. The molecular formula is C5H5F4NO2. The van der Waals surface area contributed by atoms with Crippen LogP contribution >= 0.6 is 0 Å². The van der Waals surface area contributed by atoms with Gasteiger partial charge in [0.05, 0.1) is 0 Å². The summed E-state index contributed by atoms with van der Waals surface area (Å²) < 4.78 is 50.2. The lowest BCUT2D eigenvalue weighted by molar-refractivity contribution is -0.207. The van der Waals surface area contributed by atoms with Crippen LogP contribution < -0.4 is 5.73 Å². The first-order valence-electron chi connectivity index (χ1n) is 2.99. The molecule has 0 spiro atoms. The number of esters is 1. The summed E-state index contributed by atoms with van der Waals surface area (Å²) in [5.41, 5.74) is 2.82. The molecule has 1 fully saturated rings. The molecular weight excluding hydrogens is 182 g/mol. The fourth-order valence-corrected chi connectivity index (χ4v) is 0.557. The third kappa shape index (κ3) is 1.66. The van der Waals surface area contributed by atoms with Crippen molar-refractivity contribution in [3.8, 4) is 0 Å². The third-order valence-corrected chi connectivity index (χ3v) is 1.38. The summed E-state index contributed by atoms with van der Waals surface area (Å²) in [4.78, 5) is 10.1. The Hall–Kier alpha value is -0.850. The summed E-state index contributed by atoms with van der Waals surface area (Å²) in [6, 6.07) is 0. The van der Waals surface area contributed by atoms with Gasteiger partial charge in [-0.05, 0) is 0 Å². The number of carbonyl (C=O) groups is 1. The van der Waals surface area contributed by atoms with Crippen molar-refractivity contribution < 1.29 is 27.1 Å². The summed E-state index contributed by atoms with van der Waals surface area (Å²) in [6.07, 6.45) is -7.19. The first-order valence-corrected chi connectivity index (χ1v) is 2.99. The van der Waals surface area contributed by atoms with Crippen molar-refractivity contribution in [1.29, 1.82) is 0 Å². The number of ether oxygens (including phenoxy) is 1. The van der Waals surface area contributed by atoms with E-state index in [9.17, 15) is 22.4 Å². The second-order valence-electron chi connectivity index (χ2n) is 2.51. The highest BCUT2D eigenvalue weighted by Crippen LogP contribution is 2.39. The van der Waals surface area contributed by atoms with Crippen LogP contribution in [0.2, 0.25) is 0 Å². The van der Waals surface area contributed by atoms with Gasteiger partial charge in [0.1, 0.15) is 0 Å². The van der Waals surface area contributed by atoms with Crippen LogP contribution in [0.4, 0.5) is 17.6 Å². The van der Waals surface area contributed by atoms with Crippen molar-refractivity contribution in [2.24, 2.45) is 5.73 Å². The second-order valence-corrected chi connectivity index (χ2v) is 2.51. The molecule has 0 aromatic rings. The van der Waals surface area contributed by atoms with Crippen LogP contribution in [0.5, 0.6) is 0 Å². The highest BCUT2D eigenvalue weighted by molar-refractivity contribution is 5.76. The Bertz CT molecular complexity index is 216. The lowest BCUT2D eigenvalue weighted by atomic mass is 10.6. The third-order valence-electron chi connectivity index (χ3n) is 1.38. The molecule has 0 saturated heterocycles. The maximum atomic E-state index is 12.1. The average Bonchev–Trinajstić information content (AvgIpc) is 2.37. The molecule has 0 bridgehead atoms. The van der Waals surface area contributed by atoms with Gasteiger partial charge in [0.25, 0.3) is 0 Å². The molecule has 12 heavy (non-hydrogen) atoms. The maximum absolute atomic E-state index is 12.1. The van der Waals surface area contributed by atoms with Gasteiger partial charge in [-0.1, -0.05) is 0 Å². The summed E-state index contributed by atoms with van der Waals surface area (Å²) in [5.74, 6) is -2.45. The SMILES string of the molecule is NC1(OC(=O)C(F)(F)F)CC1F. The van der Waals surface area contributed by atoms with Gasteiger partial charge in [-0.2, -0.15) is 13.2 Å². The first kappa shape index (κ1) is 9.24. The van der Waals surface area contributed by atoms with Crippen molar-refractivity contribution in [2.75, 3.05) is 0 Å². The van der Waals surface area contributed by atoms with Crippen molar-refractivity contribution >= 4 is 5.97 Å². The normalized spacial score (nSPS) is 34.6. The Morgan fingerprint density at radius 3 is 2.25 bits per heavy atom. The lowest BCUT2D eigenvalue weighted by Gasteiger charge is -2.11. The van der Waals surface area contributed by atoms with Gasteiger partial charge >= 0.3 is 12.1 Å². The molecule has 2 unspecified atom stereocenters. The van der Waals surface area contributed by atoms with E-state index in [0.29, 0.717) is 0 Å². The van der Waals surface area contributed by atoms with E-state index in [2.05, 4.69) is 4.74 Å². The molecule has 70 valence electrons. The molecule has 0 aliphatic heterocycles. The minimum absolute atomic E-state index is 0.380. The molecule has 1 rings (SSSR count). The van der Waals surface area contributed by atoms with E-state index in [1.165, 1.54) is 0 Å². The molecule has 0 aromatic carbocycles. The topological polar surface area (TPSA) is 52.3 Å². The van der Waals surface area contributed by atoms with E-state index < -0.39 is 24.0 Å². The summed E-state index contributed by atoms with van der Waals surface area (Å²) in [5, 5.41) is 0. The second kappa shape index (κ2) is 2.32. The number of halogens is 4. The van der Waals surface area contributed by atoms with Crippen LogP contribution in [0.1, 0.15) is 6.42 Å². The molecule has 0 amide bonds. The van der Waals surface area contributed by atoms with Gasteiger partial charge in [0.15, 0.2) is 11.9 Å². The Kier molecular flexibility index (Phi) is 1.78. The lowest BCUT2D eigenvalue weighted by Crippen LogP contribution is -2.38. The van der Waals surface area contributed by atoms with E-state index in [4.69, 9.17) is 5.73 Å². The number of nitrogens with two attached hydrogens (primary N) is 1. The molecule has 0 radical (unpaired) electrons. The molecule has 1 saturated carbocycles. The van der Waals surface area contributed by atoms with Crippen LogP contribution in [0.15, 0.2) is 0 Å². The molecule has 0 heterocycles. The van der Waals surface area contributed by atoms with Crippen LogP contribution in [0.25, 0.3) is 0 Å². The van der Waals surface area contributed by atoms with E-state index in [1.807, 2.05) is 0 Å². The molecule has 2 atom stereocenters. The summed E-state index contributed by atoms with van der Waals surface area (Å²) in [6.45, 7) is 0. The molecule has 3 nitrogen and oxygen atoms in total. The smallest absolute Gasteiger partial charge is 0.434 e. The quantitative estimate of drug-likeness (QED) is 0.369. The van der Waals surface area contributed by atoms with E-state index >= 15 is 0 Å². The number of carbonyl (C=O) groups excluding carboxylic acids is 1. The highest BCUT2D eigenvalue weighted by Gasteiger charge is 2.59. The van der Waals surface area contributed by atoms with Crippen LogP contribution in [0, 0.1) is 0 Å².